The van der Waals surface area contributed by atoms with Gasteiger partial charge in [-0.3, -0.25) is 0 Å². The molecule has 3 nitrogen and oxygen atoms in total. The fourth-order valence-corrected chi connectivity index (χ4v) is 2.22. The van der Waals surface area contributed by atoms with Gasteiger partial charge in [0, 0.05) is 19.7 Å². The molecule has 0 heterocycles. The second-order valence-corrected chi connectivity index (χ2v) is 5.13. The molecule has 2 aromatic rings. The molecular formula is C18H23NO2. The zero-order valence-electron chi connectivity index (χ0n) is 12.9. The van der Waals surface area contributed by atoms with E-state index in [0.29, 0.717) is 6.61 Å². The number of ether oxygens (including phenoxy) is 2. The van der Waals surface area contributed by atoms with Crippen LogP contribution in [0.1, 0.15) is 29.7 Å². The van der Waals surface area contributed by atoms with Crippen LogP contribution in [0.5, 0.6) is 5.75 Å². The van der Waals surface area contributed by atoms with Crippen LogP contribution >= 0.6 is 0 Å². The first-order valence-corrected chi connectivity index (χ1v) is 7.17. The predicted molar refractivity (Wildman–Crippen MR) is 85.4 cm³/mol. The van der Waals surface area contributed by atoms with E-state index >= 15 is 0 Å². The largest absolute Gasteiger partial charge is 0.497 e. The van der Waals surface area contributed by atoms with E-state index in [0.717, 1.165) is 12.3 Å². The van der Waals surface area contributed by atoms with Crippen molar-refractivity contribution in [3.05, 3.63) is 65.2 Å². The topological polar surface area (TPSA) is 30.5 Å². The highest BCUT2D eigenvalue weighted by Gasteiger charge is 2.06. The summed E-state index contributed by atoms with van der Waals surface area (Å²) in [6, 6.07) is 16.9. The number of benzene rings is 2. The van der Waals surface area contributed by atoms with Gasteiger partial charge in [-0.1, -0.05) is 36.4 Å². The third-order valence-corrected chi connectivity index (χ3v) is 3.54. The molecule has 112 valence electrons. The summed E-state index contributed by atoms with van der Waals surface area (Å²) in [5, 5.41) is 3.53. The fraction of sp³-hybridized carbons (Fsp3) is 0.333. The first-order valence-electron chi connectivity index (χ1n) is 7.17. The minimum absolute atomic E-state index is 0.277. The zero-order valence-corrected chi connectivity index (χ0v) is 12.9. The number of methoxy groups -OCH3 is 2. The standard InChI is InChI=1S/C18H23NO2/c1-14(17-5-4-6-18(11-17)21-3)19-12-15-7-9-16(10-8-15)13-20-2/h4-11,14,19H,12-13H2,1-3H3/t14-/m0/s1. The van der Waals surface area contributed by atoms with Gasteiger partial charge in [0.2, 0.25) is 0 Å². The van der Waals surface area contributed by atoms with Crippen molar-refractivity contribution < 1.29 is 9.47 Å². The molecule has 0 aliphatic rings. The Bertz CT molecular complexity index is 551. The Hall–Kier alpha value is -1.84. The van der Waals surface area contributed by atoms with E-state index in [2.05, 4.69) is 48.6 Å². The quantitative estimate of drug-likeness (QED) is 0.841. The van der Waals surface area contributed by atoms with Crippen LogP contribution < -0.4 is 10.1 Å². The molecule has 2 aromatic carbocycles. The van der Waals surface area contributed by atoms with Gasteiger partial charge >= 0.3 is 0 Å². The molecule has 3 heteroatoms. The Morgan fingerprint density at radius 3 is 2.38 bits per heavy atom. The van der Waals surface area contributed by atoms with Crippen LogP contribution in [0.4, 0.5) is 0 Å². The van der Waals surface area contributed by atoms with Crippen molar-refractivity contribution >= 4 is 0 Å². The molecule has 0 saturated heterocycles. The lowest BCUT2D eigenvalue weighted by Gasteiger charge is -2.15. The van der Waals surface area contributed by atoms with Crippen LogP contribution in [0.25, 0.3) is 0 Å². The van der Waals surface area contributed by atoms with Gasteiger partial charge in [-0.15, -0.1) is 0 Å². The zero-order chi connectivity index (χ0) is 15.1. The fourth-order valence-electron chi connectivity index (χ4n) is 2.22. The Morgan fingerprint density at radius 1 is 1.00 bits per heavy atom. The van der Waals surface area contributed by atoms with Crippen LogP contribution in [-0.2, 0) is 17.9 Å². The van der Waals surface area contributed by atoms with E-state index in [9.17, 15) is 0 Å². The summed E-state index contributed by atoms with van der Waals surface area (Å²) in [4.78, 5) is 0. The molecule has 21 heavy (non-hydrogen) atoms. The van der Waals surface area contributed by atoms with Gasteiger partial charge in [-0.05, 0) is 35.7 Å². The maximum absolute atomic E-state index is 5.26. The highest BCUT2D eigenvalue weighted by Crippen LogP contribution is 2.19. The van der Waals surface area contributed by atoms with Gasteiger partial charge in [0.1, 0.15) is 5.75 Å². The molecule has 0 aliphatic heterocycles. The molecule has 0 aliphatic carbocycles. The third-order valence-electron chi connectivity index (χ3n) is 3.54. The molecule has 0 bridgehead atoms. The summed E-state index contributed by atoms with van der Waals surface area (Å²) in [6.45, 7) is 3.66. The van der Waals surface area contributed by atoms with Crippen molar-refractivity contribution in [1.82, 2.24) is 5.32 Å². The molecule has 0 spiro atoms. The van der Waals surface area contributed by atoms with Crippen LogP contribution in [0.15, 0.2) is 48.5 Å². The summed E-state index contributed by atoms with van der Waals surface area (Å²) in [5.74, 6) is 0.894. The number of hydrogen-bond donors (Lipinski definition) is 1. The molecule has 0 aromatic heterocycles. The average molecular weight is 285 g/mol. The maximum atomic E-state index is 5.26. The van der Waals surface area contributed by atoms with Crippen LogP contribution in [0.2, 0.25) is 0 Å². The molecule has 0 amide bonds. The first kappa shape index (κ1) is 15.5. The smallest absolute Gasteiger partial charge is 0.119 e. The SMILES string of the molecule is COCc1ccc(CN[C@@H](C)c2cccc(OC)c2)cc1. The summed E-state index contributed by atoms with van der Waals surface area (Å²) < 4.78 is 10.4. The lowest BCUT2D eigenvalue weighted by Crippen LogP contribution is -2.18. The Labute approximate surface area is 126 Å². The molecule has 1 atom stereocenters. The van der Waals surface area contributed by atoms with E-state index in [-0.39, 0.29) is 6.04 Å². The van der Waals surface area contributed by atoms with Crippen LogP contribution in [-0.4, -0.2) is 14.2 Å². The van der Waals surface area contributed by atoms with Crippen molar-refractivity contribution in [2.24, 2.45) is 0 Å². The summed E-state index contributed by atoms with van der Waals surface area (Å²) in [7, 11) is 3.41. The van der Waals surface area contributed by atoms with E-state index < -0.39 is 0 Å². The van der Waals surface area contributed by atoms with Gasteiger partial charge in [0.25, 0.3) is 0 Å². The van der Waals surface area contributed by atoms with E-state index in [1.807, 2.05) is 12.1 Å². The van der Waals surface area contributed by atoms with Crippen LogP contribution in [0, 0.1) is 0 Å². The first-order chi connectivity index (χ1) is 10.2. The highest BCUT2D eigenvalue weighted by atomic mass is 16.5. The van der Waals surface area contributed by atoms with E-state index in [1.165, 1.54) is 16.7 Å². The molecule has 1 N–H and O–H groups in total. The average Bonchev–Trinajstić information content (AvgIpc) is 2.54. The Morgan fingerprint density at radius 2 is 1.71 bits per heavy atom. The van der Waals surface area contributed by atoms with Gasteiger partial charge in [0.05, 0.1) is 13.7 Å². The molecule has 0 saturated carbocycles. The van der Waals surface area contributed by atoms with Crippen LogP contribution in [0.3, 0.4) is 0 Å². The molecule has 0 radical (unpaired) electrons. The number of rotatable bonds is 7. The monoisotopic (exact) mass is 285 g/mol. The minimum Gasteiger partial charge on any atom is -0.497 e. The molecule has 0 fully saturated rings. The van der Waals surface area contributed by atoms with Crippen molar-refractivity contribution in [3.8, 4) is 5.75 Å². The number of nitrogens with one attached hydrogen (secondary N) is 1. The van der Waals surface area contributed by atoms with Gasteiger partial charge < -0.3 is 14.8 Å². The van der Waals surface area contributed by atoms with Gasteiger partial charge in [-0.25, -0.2) is 0 Å². The molecular weight excluding hydrogens is 262 g/mol. The lowest BCUT2D eigenvalue weighted by atomic mass is 10.1. The molecule has 0 unspecified atom stereocenters. The summed E-state index contributed by atoms with van der Waals surface area (Å²) in [6.07, 6.45) is 0. The third kappa shape index (κ3) is 4.59. The summed E-state index contributed by atoms with van der Waals surface area (Å²) in [5.41, 5.74) is 3.69. The Kier molecular flexibility index (Phi) is 5.78. The van der Waals surface area contributed by atoms with E-state index in [1.54, 1.807) is 14.2 Å². The number of hydrogen-bond acceptors (Lipinski definition) is 3. The van der Waals surface area contributed by atoms with Gasteiger partial charge in [-0.2, -0.15) is 0 Å². The maximum Gasteiger partial charge on any atom is 0.119 e. The summed E-state index contributed by atoms with van der Waals surface area (Å²) >= 11 is 0. The van der Waals surface area contributed by atoms with Crippen molar-refractivity contribution in [2.75, 3.05) is 14.2 Å². The van der Waals surface area contributed by atoms with Crippen molar-refractivity contribution in [1.29, 1.82) is 0 Å². The second kappa shape index (κ2) is 7.81. The van der Waals surface area contributed by atoms with Crippen molar-refractivity contribution in [2.45, 2.75) is 26.1 Å². The highest BCUT2D eigenvalue weighted by molar-refractivity contribution is 5.30. The minimum atomic E-state index is 0.277. The normalized spacial score (nSPS) is 12.1. The lowest BCUT2D eigenvalue weighted by molar-refractivity contribution is 0.185. The van der Waals surface area contributed by atoms with E-state index in [4.69, 9.17) is 9.47 Å². The van der Waals surface area contributed by atoms with Crippen molar-refractivity contribution in [3.63, 3.8) is 0 Å². The second-order valence-electron chi connectivity index (χ2n) is 5.13. The Balaban J connectivity index is 1.92. The predicted octanol–water partition coefficient (Wildman–Crippen LogP) is 3.69. The molecule has 2 rings (SSSR count). The van der Waals surface area contributed by atoms with Gasteiger partial charge in [0.15, 0.2) is 0 Å².